The van der Waals surface area contributed by atoms with Gasteiger partial charge in [-0.15, -0.1) is 0 Å². The molecule has 1 fully saturated rings. The van der Waals surface area contributed by atoms with Gasteiger partial charge in [-0.1, -0.05) is 32.4 Å². The first-order chi connectivity index (χ1) is 4.93. The summed E-state index contributed by atoms with van der Waals surface area (Å²) in [5.41, 5.74) is 1.70. The van der Waals surface area contributed by atoms with Gasteiger partial charge in [0.05, 0.1) is 0 Å². The Labute approximate surface area is 65.3 Å². The highest BCUT2D eigenvalue weighted by Crippen LogP contribution is 2.23. The number of rotatable bonds is 1. The average molecular weight is 140 g/mol. The standard InChI is InChI=1S/C8H14.C2H6/c1-2-5-8-6-3-4-7-8;1-2/h5H,2-4,6-7H2,1H3;1-2H3. The quantitative estimate of drug-likeness (QED) is 0.484. The third-order valence-corrected chi connectivity index (χ3v) is 1.74. The van der Waals surface area contributed by atoms with Gasteiger partial charge in [0, 0.05) is 0 Å². The number of hydrogen-bond donors (Lipinski definition) is 0. The van der Waals surface area contributed by atoms with Crippen molar-refractivity contribution in [2.75, 3.05) is 0 Å². The van der Waals surface area contributed by atoms with Crippen molar-refractivity contribution in [1.29, 1.82) is 0 Å². The van der Waals surface area contributed by atoms with Gasteiger partial charge < -0.3 is 0 Å². The molecule has 0 aromatic rings. The van der Waals surface area contributed by atoms with Crippen molar-refractivity contribution in [2.24, 2.45) is 0 Å². The molecule has 1 saturated carbocycles. The molecule has 1 rings (SSSR count). The summed E-state index contributed by atoms with van der Waals surface area (Å²) in [6.07, 6.45) is 9.25. The van der Waals surface area contributed by atoms with E-state index in [1.165, 1.54) is 32.1 Å². The van der Waals surface area contributed by atoms with Crippen LogP contribution in [0, 0.1) is 0 Å². The predicted octanol–water partition coefficient (Wildman–Crippen LogP) is 3.92. The van der Waals surface area contributed by atoms with Gasteiger partial charge in [0.25, 0.3) is 0 Å². The van der Waals surface area contributed by atoms with Crippen LogP contribution in [0.15, 0.2) is 11.6 Å². The molecule has 60 valence electrons. The second-order valence-corrected chi connectivity index (χ2v) is 2.48. The van der Waals surface area contributed by atoms with Crippen LogP contribution in [0.3, 0.4) is 0 Å². The maximum atomic E-state index is 2.38. The van der Waals surface area contributed by atoms with Gasteiger partial charge in [0.15, 0.2) is 0 Å². The Morgan fingerprint density at radius 2 is 1.70 bits per heavy atom. The van der Waals surface area contributed by atoms with Gasteiger partial charge in [0.1, 0.15) is 0 Å². The van der Waals surface area contributed by atoms with E-state index in [2.05, 4.69) is 13.0 Å². The Hall–Kier alpha value is -0.260. The molecule has 0 saturated heterocycles. The second kappa shape index (κ2) is 6.85. The minimum absolute atomic E-state index is 1.23. The molecule has 0 heterocycles. The fourth-order valence-corrected chi connectivity index (χ4v) is 1.32. The van der Waals surface area contributed by atoms with Crippen molar-refractivity contribution < 1.29 is 0 Å². The van der Waals surface area contributed by atoms with Crippen molar-refractivity contribution in [3.63, 3.8) is 0 Å². The predicted molar refractivity (Wildman–Crippen MR) is 48.2 cm³/mol. The zero-order chi connectivity index (χ0) is 7.82. The van der Waals surface area contributed by atoms with Crippen LogP contribution >= 0.6 is 0 Å². The summed E-state index contributed by atoms with van der Waals surface area (Å²) < 4.78 is 0. The summed E-state index contributed by atoms with van der Waals surface area (Å²) in [6, 6.07) is 0. The Balaban J connectivity index is 0.000000371. The van der Waals surface area contributed by atoms with Crippen molar-refractivity contribution in [2.45, 2.75) is 52.9 Å². The summed E-state index contributed by atoms with van der Waals surface area (Å²) >= 11 is 0. The molecule has 0 aromatic heterocycles. The van der Waals surface area contributed by atoms with Crippen molar-refractivity contribution in [1.82, 2.24) is 0 Å². The molecule has 0 amide bonds. The second-order valence-electron chi connectivity index (χ2n) is 2.48. The fraction of sp³-hybridized carbons (Fsp3) is 0.800. The van der Waals surface area contributed by atoms with Gasteiger partial charge in [-0.05, 0) is 32.1 Å². The Morgan fingerprint density at radius 3 is 2.10 bits per heavy atom. The van der Waals surface area contributed by atoms with Crippen molar-refractivity contribution in [3.05, 3.63) is 11.6 Å². The van der Waals surface area contributed by atoms with E-state index >= 15 is 0 Å². The lowest BCUT2D eigenvalue weighted by molar-refractivity contribution is 0.886. The SMILES string of the molecule is CC.CCC=C1CCCC1. The summed E-state index contributed by atoms with van der Waals surface area (Å²) in [4.78, 5) is 0. The minimum Gasteiger partial charge on any atom is -0.0856 e. The summed E-state index contributed by atoms with van der Waals surface area (Å²) in [7, 11) is 0. The van der Waals surface area contributed by atoms with Gasteiger partial charge in [-0.2, -0.15) is 0 Å². The summed E-state index contributed by atoms with van der Waals surface area (Å²) in [5, 5.41) is 0. The van der Waals surface area contributed by atoms with Crippen LogP contribution in [0.1, 0.15) is 52.9 Å². The van der Waals surface area contributed by atoms with E-state index < -0.39 is 0 Å². The van der Waals surface area contributed by atoms with Gasteiger partial charge in [0.2, 0.25) is 0 Å². The first-order valence-electron chi connectivity index (χ1n) is 4.61. The van der Waals surface area contributed by atoms with Crippen LogP contribution in [0.4, 0.5) is 0 Å². The van der Waals surface area contributed by atoms with Crippen molar-refractivity contribution >= 4 is 0 Å². The molecule has 0 unspecified atom stereocenters. The van der Waals surface area contributed by atoms with Crippen LogP contribution in [-0.2, 0) is 0 Å². The largest absolute Gasteiger partial charge is 0.0856 e. The monoisotopic (exact) mass is 140 g/mol. The maximum Gasteiger partial charge on any atom is -0.0320 e. The van der Waals surface area contributed by atoms with Gasteiger partial charge >= 0.3 is 0 Å². The molecule has 0 aromatic carbocycles. The third-order valence-electron chi connectivity index (χ3n) is 1.74. The topological polar surface area (TPSA) is 0 Å². The smallest absolute Gasteiger partial charge is 0.0320 e. The van der Waals surface area contributed by atoms with Crippen LogP contribution in [0.2, 0.25) is 0 Å². The molecule has 0 spiro atoms. The first kappa shape index (κ1) is 9.74. The Morgan fingerprint density at radius 1 is 1.20 bits per heavy atom. The lowest BCUT2D eigenvalue weighted by Crippen LogP contribution is -1.68. The minimum atomic E-state index is 1.23. The highest BCUT2D eigenvalue weighted by atomic mass is 14.1. The lowest BCUT2D eigenvalue weighted by atomic mass is 10.2. The van der Waals surface area contributed by atoms with Crippen LogP contribution in [0.25, 0.3) is 0 Å². The molecule has 0 nitrogen and oxygen atoms in total. The Bertz CT molecular complexity index is 82.2. The molecule has 1 aliphatic rings. The third kappa shape index (κ3) is 3.71. The van der Waals surface area contributed by atoms with Crippen LogP contribution in [-0.4, -0.2) is 0 Å². The molecule has 0 atom stereocenters. The zero-order valence-electron chi connectivity index (χ0n) is 7.61. The molecule has 0 radical (unpaired) electrons. The van der Waals surface area contributed by atoms with Crippen LogP contribution < -0.4 is 0 Å². The van der Waals surface area contributed by atoms with Gasteiger partial charge in [-0.25, -0.2) is 0 Å². The molecular weight excluding hydrogens is 120 g/mol. The maximum absolute atomic E-state index is 2.38. The van der Waals surface area contributed by atoms with E-state index in [1.807, 2.05) is 13.8 Å². The van der Waals surface area contributed by atoms with Crippen molar-refractivity contribution in [3.8, 4) is 0 Å². The van der Waals surface area contributed by atoms with E-state index in [0.29, 0.717) is 0 Å². The highest BCUT2D eigenvalue weighted by Gasteiger charge is 2.03. The molecule has 1 aliphatic carbocycles. The van der Waals surface area contributed by atoms with E-state index in [4.69, 9.17) is 0 Å². The summed E-state index contributed by atoms with van der Waals surface area (Å²) in [6.45, 7) is 6.21. The number of hydrogen-bond acceptors (Lipinski definition) is 0. The van der Waals surface area contributed by atoms with Crippen LogP contribution in [0.5, 0.6) is 0 Å². The molecule has 0 N–H and O–H groups in total. The molecular formula is C10H20. The molecule has 0 bridgehead atoms. The number of allylic oxidation sites excluding steroid dienone is 2. The highest BCUT2D eigenvalue weighted by molar-refractivity contribution is 5.05. The Kier molecular flexibility index (Phi) is 6.68. The first-order valence-corrected chi connectivity index (χ1v) is 4.61. The van der Waals surface area contributed by atoms with E-state index in [1.54, 1.807) is 5.57 Å². The van der Waals surface area contributed by atoms with E-state index in [0.717, 1.165) is 0 Å². The molecule has 0 aliphatic heterocycles. The average Bonchev–Trinajstić information content (AvgIpc) is 2.46. The van der Waals surface area contributed by atoms with E-state index in [-0.39, 0.29) is 0 Å². The molecule has 10 heavy (non-hydrogen) atoms. The van der Waals surface area contributed by atoms with Gasteiger partial charge in [-0.3, -0.25) is 0 Å². The zero-order valence-corrected chi connectivity index (χ0v) is 7.61. The lowest BCUT2D eigenvalue weighted by Gasteiger charge is -1.89. The fourth-order valence-electron chi connectivity index (χ4n) is 1.32. The normalized spacial score (nSPS) is 16.1. The van der Waals surface area contributed by atoms with E-state index in [9.17, 15) is 0 Å². The summed E-state index contributed by atoms with van der Waals surface area (Å²) in [5.74, 6) is 0. The molecule has 0 heteroatoms.